The van der Waals surface area contributed by atoms with Gasteiger partial charge in [-0.2, -0.15) is 0 Å². The van der Waals surface area contributed by atoms with Gasteiger partial charge in [0.2, 0.25) is 0 Å². The molecular formula is C25H26N4O4. The molecule has 2 N–H and O–H groups in total. The maximum Gasteiger partial charge on any atom is 0.338 e. The molecule has 0 fully saturated rings. The number of rotatable bonds is 7. The molecule has 0 aliphatic heterocycles. The van der Waals surface area contributed by atoms with E-state index in [9.17, 15) is 14.4 Å². The number of esters is 1. The number of ketones is 1. The number of hydrogen-bond donors (Lipinski definition) is 2. The van der Waals surface area contributed by atoms with E-state index in [1.165, 1.54) is 13.0 Å². The van der Waals surface area contributed by atoms with Gasteiger partial charge in [0.1, 0.15) is 0 Å². The summed E-state index contributed by atoms with van der Waals surface area (Å²) in [6.45, 7) is 8.63. The average molecular weight is 447 g/mol. The monoisotopic (exact) mass is 446 g/mol. The molecule has 33 heavy (non-hydrogen) atoms. The van der Waals surface area contributed by atoms with Crippen LogP contribution in [0.25, 0.3) is 0 Å². The number of amides is 1. The van der Waals surface area contributed by atoms with Crippen molar-refractivity contribution in [3.63, 3.8) is 0 Å². The number of anilines is 1. The van der Waals surface area contributed by atoms with Gasteiger partial charge in [-0.25, -0.2) is 4.79 Å². The second-order valence-corrected chi connectivity index (χ2v) is 7.83. The van der Waals surface area contributed by atoms with E-state index in [1.54, 1.807) is 38.1 Å². The summed E-state index contributed by atoms with van der Waals surface area (Å²) >= 11 is 0. The molecule has 0 saturated carbocycles. The van der Waals surface area contributed by atoms with Crippen molar-refractivity contribution in [2.45, 2.75) is 34.6 Å². The Morgan fingerprint density at radius 3 is 2.39 bits per heavy atom. The molecule has 0 aliphatic carbocycles. The molecule has 170 valence electrons. The van der Waals surface area contributed by atoms with Crippen LogP contribution in [-0.4, -0.2) is 29.3 Å². The number of hydrogen-bond acceptors (Lipinski definition) is 6. The summed E-state index contributed by atoms with van der Waals surface area (Å²) in [4.78, 5) is 39.3. The molecule has 3 aromatic rings. The maximum absolute atomic E-state index is 12.4. The number of aromatic nitrogens is 1. The van der Waals surface area contributed by atoms with Crippen LogP contribution in [0.15, 0.2) is 52.7 Å². The van der Waals surface area contributed by atoms with Crippen LogP contribution in [0.1, 0.15) is 50.0 Å². The predicted octanol–water partition coefficient (Wildman–Crippen LogP) is 5.66. The lowest BCUT2D eigenvalue weighted by Crippen LogP contribution is -2.21. The first-order chi connectivity index (χ1) is 15.7. The zero-order chi connectivity index (χ0) is 24.1. The minimum atomic E-state index is -0.645. The first-order valence-corrected chi connectivity index (χ1v) is 10.4. The minimum absolute atomic E-state index is 0.0472. The van der Waals surface area contributed by atoms with Crippen LogP contribution in [0.2, 0.25) is 0 Å². The zero-order valence-electron chi connectivity index (χ0n) is 19.3. The van der Waals surface area contributed by atoms with Crippen molar-refractivity contribution in [3.05, 3.63) is 76.0 Å². The molecule has 8 heteroatoms. The normalized spacial score (nSPS) is 10.9. The maximum atomic E-state index is 12.4. The molecule has 0 aliphatic rings. The van der Waals surface area contributed by atoms with Gasteiger partial charge in [-0.1, -0.05) is 12.1 Å². The van der Waals surface area contributed by atoms with Crippen molar-refractivity contribution < 1.29 is 19.1 Å². The highest BCUT2D eigenvalue weighted by Gasteiger charge is 2.15. The fourth-order valence-corrected chi connectivity index (χ4v) is 3.40. The molecule has 1 heterocycles. The van der Waals surface area contributed by atoms with Crippen molar-refractivity contribution in [2.24, 2.45) is 10.2 Å². The number of Topliss-reactive ketones (excluding diaryl/α,β-unsaturated/α-hetero) is 1. The third-order valence-corrected chi connectivity index (χ3v) is 5.24. The fourth-order valence-electron chi connectivity index (χ4n) is 3.40. The van der Waals surface area contributed by atoms with Crippen molar-refractivity contribution >= 4 is 34.9 Å². The second-order valence-electron chi connectivity index (χ2n) is 7.83. The van der Waals surface area contributed by atoms with E-state index < -0.39 is 18.5 Å². The van der Waals surface area contributed by atoms with E-state index in [4.69, 9.17) is 4.74 Å². The van der Waals surface area contributed by atoms with Crippen LogP contribution < -0.4 is 5.32 Å². The first kappa shape index (κ1) is 23.6. The number of nitrogens with one attached hydrogen (secondary N) is 2. The Labute approximate surface area is 192 Å². The summed E-state index contributed by atoms with van der Waals surface area (Å²) < 4.78 is 5.13. The Kier molecular flexibility index (Phi) is 7.17. The molecule has 0 radical (unpaired) electrons. The number of nitrogens with zero attached hydrogens (tertiary/aromatic N) is 2. The highest BCUT2D eigenvalue weighted by Crippen LogP contribution is 2.27. The second kappa shape index (κ2) is 10.0. The summed E-state index contributed by atoms with van der Waals surface area (Å²) in [5, 5.41) is 11.0. The summed E-state index contributed by atoms with van der Waals surface area (Å²) in [7, 11) is 0. The van der Waals surface area contributed by atoms with Gasteiger partial charge in [0.15, 0.2) is 18.2 Å². The Morgan fingerprint density at radius 1 is 0.970 bits per heavy atom. The lowest BCUT2D eigenvalue weighted by atomic mass is 10.1. The molecule has 2 aromatic carbocycles. The van der Waals surface area contributed by atoms with Gasteiger partial charge in [0.25, 0.3) is 5.91 Å². The van der Waals surface area contributed by atoms with Crippen LogP contribution in [-0.2, 0) is 9.53 Å². The molecule has 0 atom stereocenters. The fraction of sp³-hybridized carbons (Fsp3) is 0.240. The summed E-state index contributed by atoms with van der Waals surface area (Å²) in [6, 6.07) is 12.0. The minimum Gasteiger partial charge on any atom is -0.452 e. The molecule has 3 rings (SSSR count). The number of benzene rings is 2. The van der Waals surface area contributed by atoms with Gasteiger partial charge in [-0.05, 0) is 76.1 Å². The highest BCUT2D eigenvalue weighted by atomic mass is 16.5. The Hall–Kier alpha value is -4.07. The number of H-pyrrole nitrogens is 1. The third kappa shape index (κ3) is 5.79. The van der Waals surface area contributed by atoms with Crippen LogP contribution in [0.3, 0.4) is 0 Å². The van der Waals surface area contributed by atoms with Gasteiger partial charge in [-0.15, -0.1) is 10.2 Å². The topological polar surface area (TPSA) is 113 Å². The number of carbonyl (C=O) groups is 3. The van der Waals surface area contributed by atoms with Crippen LogP contribution in [0.5, 0.6) is 0 Å². The number of aryl methyl sites for hydroxylation is 3. The van der Waals surface area contributed by atoms with Crippen molar-refractivity contribution in [1.82, 2.24) is 4.98 Å². The molecule has 1 aromatic heterocycles. The lowest BCUT2D eigenvalue weighted by molar-refractivity contribution is -0.119. The lowest BCUT2D eigenvalue weighted by Gasteiger charge is -2.08. The summed E-state index contributed by atoms with van der Waals surface area (Å²) in [5.41, 5.74) is 5.54. The van der Waals surface area contributed by atoms with Crippen LogP contribution >= 0.6 is 0 Å². The van der Waals surface area contributed by atoms with Crippen LogP contribution in [0, 0.1) is 27.7 Å². The Morgan fingerprint density at radius 2 is 1.73 bits per heavy atom. The molecule has 0 unspecified atom stereocenters. The van der Waals surface area contributed by atoms with Crippen molar-refractivity contribution in [1.29, 1.82) is 0 Å². The van der Waals surface area contributed by atoms with Crippen LogP contribution in [0.4, 0.5) is 17.2 Å². The van der Waals surface area contributed by atoms with E-state index >= 15 is 0 Å². The predicted molar refractivity (Wildman–Crippen MR) is 126 cm³/mol. The molecule has 8 nitrogen and oxygen atoms in total. The van der Waals surface area contributed by atoms with E-state index in [0.29, 0.717) is 28.3 Å². The molecule has 1 amide bonds. The first-order valence-electron chi connectivity index (χ1n) is 10.4. The SMILES string of the molecule is CC(=O)c1c(C)[nH]c(N=Nc2cccc(C(=O)OCC(=O)Nc3ccc(C)c(C)c3)c2)c1C. The largest absolute Gasteiger partial charge is 0.452 e. The summed E-state index contributed by atoms with van der Waals surface area (Å²) in [5.74, 6) is -0.642. The molecule has 0 bridgehead atoms. The molecule has 0 saturated heterocycles. The average Bonchev–Trinajstić information content (AvgIpc) is 3.06. The van der Waals surface area contributed by atoms with Gasteiger partial charge >= 0.3 is 5.97 Å². The van der Waals surface area contributed by atoms with Gasteiger partial charge < -0.3 is 15.0 Å². The van der Waals surface area contributed by atoms with E-state index in [-0.39, 0.29) is 11.3 Å². The quantitative estimate of drug-likeness (QED) is 0.277. The Balaban J connectivity index is 1.63. The smallest absolute Gasteiger partial charge is 0.338 e. The standard InChI is InChI=1S/C25H26N4O4/c1-14-9-10-20(11-15(14)2)27-22(31)13-33-25(32)19-7-6-8-21(12-19)28-29-24-16(3)23(18(5)30)17(4)26-24/h6-12,26H,13H2,1-5H3,(H,27,31). The van der Waals surface area contributed by atoms with Crippen molar-refractivity contribution in [2.75, 3.05) is 11.9 Å². The van der Waals surface area contributed by atoms with E-state index in [0.717, 1.165) is 16.8 Å². The van der Waals surface area contributed by atoms with Gasteiger partial charge in [-0.3, -0.25) is 9.59 Å². The number of azo groups is 1. The van der Waals surface area contributed by atoms with Gasteiger partial charge in [0, 0.05) is 22.5 Å². The molecular weight excluding hydrogens is 420 g/mol. The molecule has 0 spiro atoms. The van der Waals surface area contributed by atoms with Crippen molar-refractivity contribution in [3.8, 4) is 0 Å². The highest BCUT2D eigenvalue weighted by molar-refractivity contribution is 5.98. The van der Waals surface area contributed by atoms with E-state index in [2.05, 4.69) is 20.5 Å². The number of aromatic amines is 1. The Bertz CT molecular complexity index is 1260. The number of ether oxygens (including phenoxy) is 1. The zero-order valence-corrected chi connectivity index (χ0v) is 19.3. The van der Waals surface area contributed by atoms with Gasteiger partial charge in [0.05, 0.1) is 11.3 Å². The summed E-state index contributed by atoms with van der Waals surface area (Å²) in [6.07, 6.45) is 0. The third-order valence-electron chi connectivity index (χ3n) is 5.24. The van der Waals surface area contributed by atoms with E-state index in [1.807, 2.05) is 26.0 Å². The number of carbonyl (C=O) groups excluding carboxylic acids is 3.